The predicted molar refractivity (Wildman–Crippen MR) is 118 cm³/mol. The summed E-state index contributed by atoms with van der Waals surface area (Å²) < 4.78 is 7.17. The summed E-state index contributed by atoms with van der Waals surface area (Å²) in [6, 6.07) is 32.7. The number of nitrogens with zero attached hydrogens (tertiary/aromatic N) is 1. The average Bonchev–Trinajstić information content (AvgIpc) is 3.13. The molecule has 29 heavy (non-hydrogen) atoms. The van der Waals surface area contributed by atoms with Gasteiger partial charge in [-0.05, 0) is 41.5 Å². The molecule has 0 amide bonds. The van der Waals surface area contributed by atoms with Gasteiger partial charge in [-0.25, -0.2) is 4.79 Å². The molecule has 0 saturated heterocycles. The number of rotatable bonds is 3. The van der Waals surface area contributed by atoms with Gasteiger partial charge in [-0.1, -0.05) is 66.7 Å². The maximum absolute atomic E-state index is 12.4. The van der Waals surface area contributed by atoms with Crippen molar-refractivity contribution in [2.75, 3.05) is 7.11 Å². The van der Waals surface area contributed by atoms with Crippen LogP contribution in [0.25, 0.3) is 38.6 Å². The summed E-state index contributed by atoms with van der Waals surface area (Å²) in [4.78, 5) is 12.4. The molecule has 0 bridgehead atoms. The Balaban J connectivity index is 1.84. The Morgan fingerprint density at radius 1 is 0.690 bits per heavy atom. The Morgan fingerprint density at radius 3 is 2.21 bits per heavy atom. The standard InChI is InChI=1S/C26H19NO2/c1-29-26(28)21-12-6-8-14-24(21)27-23-13-7-5-11-20(23)22-17-19(15-16-25(22)27)18-9-3-2-4-10-18/h2-17H,1H3. The van der Waals surface area contributed by atoms with E-state index in [1.54, 1.807) is 6.07 Å². The summed E-state index contributed by atoms with van der Waals surface area (Å²) in [6.07, 6.45) is 0. The molecule has 0 radical (unpaired) electrons. The fraction of sp³-hybridized carbons (Fsp3) is 0.0385. The van der Waals surface area contributed by atoms with Crippen LogP contribution in [0.4, 0.5) is 0 Å². The monoisotopic (exact) mass is 377 g/mol. The fourth-order valence-electron chi connectivity index (χ4n) is 3.99. The van der Waals surface area contributed by atoms with Crippen molar-refractivity contribution in [3.8, 4) is 16.8 Å². The Kier molecular flexibility index (Phi) is 4.14. The number of hydrogen-bond acceptors (Lipinski definition) is 2. The van der Waals surface area contributed by atoms with Gasteiger partial charge in [0.2, 0.25) is 0 Å². The first-order chi connectivity index (χ1) is 14.3. The summed E-state index contributed by atoms with van der Waals surface area (Å²) in [5.41, 5.74) is 5.83. The topological polar surface area (TPSA) is 31.2 Å². The van der Waals surface area contributed by atoms with E-state index in [0.717, 1.165) is 27.5 Å². The minimum Gasteiger partial charge on any atom is -0.465 e. The summed E-state index contributed by atoms with van der Waals surface area (Å²) in [5, 5.41) is 2.31. The number of hydrogen-bond donors (Lipinski definition) is 0. The molecule has 5 aromatic rings. The third kappa shape index (κ3) is 2.79. The summed E-state index contributed by atoms with van der Waals surface area (Å²) in [7, 11) is 1.41. The van der Waals surface area contributed by atoms with Gasteiger partial charge >= 0.3 is 5.97 Å². The quantitative estimate of drug-likeness (QED) is 0.349. The van der Waals surface area contributed by atoms with Gasteiger partial charge in [-0.2, -0.15) is 0 Å². The molecule has 0 N–H and O–H groups in total. The highest BCUT2D eigenvalue weighted by atomic mass is 16.5. The minimum absolute atomic E-state index is 0.340. The number of ether oxygens (including phenoxy) is 1. The molecule has 0 spiro atoms. The largest absolute Gasteiger partial charge is 0.465 e. The summed E-state index contributed by atoms with van der Waals surface area (Å²) >= 11 is 0. The van der Waals surface area contributed by atoms with Crippen molar-refractivity contribution in [1.29, 1.82) is 0 Å². The van der Waals surface area contributed by atoms with E-state index in [-0.39, 0.29) is 5.97 Å². The van der Waals surface area contributed by atoms with Crippen LogP contribution in [0, 0.1) is 0 Å². The average molecular weight is 377 g/mol. The van der Waals surface area contributed by atoms with E-state index in [2.05, 4.69) is 59.2 Å². The Bertz CT molecular complexity index is 1350. The van der Waals surface area contributed by atoms with E-state index in [1.165, 1.54) is 18.2 Å². The number of esters is 1. The Hall–Kier alpha value is -3.85. The SMILES string of the molecule is COC(=O)c1ccccc1-n1c2ccccc2c2cc(-c3ccccc3)ccc21. The Labute approximate surface area is 168 Å². The third-order valence-electron chi connectivity index (χ3n) is 5.33. The molecule has 0 aliphatic heterocycles. The van der Waals surface area contributed by atoms with Crippen LogP contribution in [0.15, 0.2) is 97.1 Å². The number of methoxy groups -OCH3 is 1. The highest BCUT2D eigenvalue weighted by Gasteiger charge is 2.18. The van der Waals surface area contributed by atoms with E-state index < -0.39 is 0 Å². The Morgan fingerprint density at radius 2 is 1.38 bits per heavy atom. The molecule has 3 nitrogen and oxygen atoms in total. The molecule has 0 aliphatic carbocycles. The zero-order chi connectivity index (χ0) is 19.8. The lowest BCUT2D eigenvalue weighted by Crippen LogP contribution is -2.07. The molecule has 1 aromatic heterocycles. The second-order valence-electron chi connectivity index (χ2n) is 6.96. The van der Waals surface area contributed by atoms with Crippen LogP contribution in [0.3, 0.4) is 0 Å². The number of carbonyl (C=O) groups is 1. The van der Waals surface area contributed by atoms with Crippen molar-refractivity contribution >= 4 is 27.8 Å². The van der Waals surface area contributed by atoms with Gasteiger partial charge in [0, 0.05) is 10.8 Å². The first-order valence-electron chi connectivity index (χ1n) is 9.54. The number of carbonyl (C=O) groups excluding carboxylic acids is 1. The maximum atomic E-state index is 12.4. The van der Waals surface area contributed by atoms with Crippen LogP contribution < -0.4 is 0 Å². The van der Waals surface area contributed by atoms with Gasteiger partial charge in [0.05, 0.1) is 29.4 Å². The lowest BCUT2D eigenvalue weighted by atomic mass is 10.0. The first-order valence-corrected chi connectivity index (χ1v) is 9.54. The van der Waals surface area contributed by atoms with Crippen LogP contribution in [0.2, 0.25) is 0 Å². The molecular weight excluding hydrogens is 358 g/mol. The van der Waals surface area contributed by atoms with Gasteiger partial charge in [0.25, 0.3) is 0 Å². The van der Waals surface area contributed by atoms with Crippen LogP contribution in [-0.4, -0.2) is 17.6 Å². The molecule has 0 unspecified atom stereocenters. The van der Waals surface area contributed by atoms with Crippen molar-refractivity contribution < 1.29 is 9.53 Å². The minimum atomic E-state index is -0.340. The van der Waals surface area contributed by atoms with Crippen LogP contribution in [-0.2, 0) is 4.74 Å². The van der Waals surface area contributed by atoms with Gasteiger partial charge in [0.15, 0.2) is 0 Å². The molecule has 1 heterocycles. The molecule has 0 fully saturated rings. The smallest absolute Gasteiger partial charge is 0.339 e. The lowest BCUT2D eigenvalue weighted by Gasteiger charge is -2.12. The second-order valence-corrected chi connectivity index (χ2v) is 6.96. The third-order valence-corrected chi connectivity index (χ3v) is 5.33. The van der Waals surface area contributed by atoms with Crippen LogP contribution in [0.1, 0.15) is 10.4 Å². The normalized spacial score (nSPS) is 11.1. The highest BCUT2D eigenvalue weighted by Crippen LogP contribution is 2.35. The van der Waals surface area contributed by atoms with Crippen molar-refractivity contribution in [3.05, 3.63) is 103 Å². The van der Waals surface area contributed by atoms with E-state index >= 15 is 0 Å². The molecule has 0 aliphatic rings. The number of para-hydroxylation sites is 2. The molecule has 5 rings (SSSR count). The van der Waals surface area contributed by atoms with Gasteiger partial charge < -0.3 is 9.30 Å². The van der Waals surface area contributed by atoms with Gasteiger partial charge in [-0.15, -0.1) is 0 Å². The van der Waals surface area contributed by atoms with Crippen molar-refractivity contribution in [1.82, 2.24) is 4.57 Å². The molecule has 4 aromatic carbocycles. The fourth-order valence-corrected chi connectivity index (χ4v) is 3.99. The molecular formula is C26H19NO2. The first kappa shape index (κ1) is 17.3. The maximum Gasteiger partial charge on any atom is 0.339 e. The van der Waals surface area contributed by atoms with E-state index in [1.807, 2.05) is 36.4 Å². The molecule has 0 saturated carbocycles. The van der Waals surface area contributed by atoms with Crippen molar-refractivity contribution in [2.24, 2.45) is 0 Å². The van der Waals surface area contributed by atoms with E-state index in [0.29, 0.717) is 5.56 Å². The zero-order valence-corrected chi connectivity index (χ0v) is 16.0. The number of aromatic nitrogens is 1. The zero-order valence-electron chi connectivity index (χ0n) is 16.0. The molecule has 0 atom stereocenters. The van der Waals surface area contributed by atoms with E-state index in [9.17, 15) is 4.79 Å². The van der Waals surface area contributed by atoms with Crippen molar-refractivity contribution in [2.45, 2.75) is 0 Å². The molecule has 140 valence electrons. The second kappa shape index (κ2) is 6.95. The lowest BCUT2D eigenvalue weighted by molar-refractivity contribution is 0.0601. The van der Waals surface area contributed by atoms with Crippen LogP contribution in [0.5, 0.6) is 0 Å². The predicted octanol–water partition coefficient (Wildman–Crippen LogP) is 6.24. The number of fused-ring (bicyclic) bond motifs is 3. The van der Waals surface area contributed by atoms with Gasteiger partial charge in [0.1, 0.15) is 0 Å². The van der Waals surface area contributed by atoms with Crippen LogP contribution >= 0.6 is 0 Å². The summed E-state index contributed by atoms with van der Waals surface area (Å²) in [5.74, 6) is -0.340. The van der Waals surface area contributed by atoms with E-state index in [4.69, 9.17) is 4.74 Å². The van der Waals surface area contributed by atoms with Crippen molar-refractivity contribution in [3.63, 3.8) is 0 Å². The molecule has 3 heteroatoms. The summed E-state index contributed by atoms with van der Waals surface area (Å²) in [6.45, 7) is 0. The highest BCUT2D eigenvalue weighted by molar-refractivity contribution is 6.11. The van der Waals surface area contributed by atoms with Gasteiger partial charge in [-0.3, -0.25) is 0 Å². The number of benzene rings is 4.